The Morgan fingerprint density at radius 3 is 2.56 bits per heavy atom. The minimum Gasteiger partial charge on any atom is -0.384 e. The fraction of sp³-hybridized carbons (Fsp3) is 0.250. The van der Waals surface area contributed by atoms with Gasteiger partial charge in [0.25, 0.3) is 0 Å². The number of anilines is 1. The molecule has 84 valence electrons. The Bertz CT molecular complexity index is 503. The molecule has 1 aromatic heterocycles. The maximum absolute atomic E-state index is 5.91. The second-order valence-corrected chi connectivity index (χ2v) is 4.83. The second kappa shape index (κ2) is 4.29. The van der Waals surface area contributed by atoms with Crippen molar-refractivity contribution in [2.45, 2.75) is 19.9 Å². The van der Waals surface area contributed by atoms with Crippen molar-refractivity contribution in [2.24, 2.45) is 0 Å². The van der Waals surface area contributed by atoms with E-state index in [1.54, 1.807) is 0 Å². The van der Waals surface area contributed by atoms with Crippen LogP contribution in [0.1, 0.15) is 19.9 Å². The predicted molar refractivity (Wildman–Crippen MR) is 70.2 cm³/mol. The highest BCUT2D eigenvalue weighted by Crippen LogP contribution is 2.28. The average Bonchev–Trinajstić information content (AvgIpc) is 2.61. The monoisotopic (exact) mass is 279 g/mol. The van der Waals surface area contributed by atoms with Crippen LogP contribution in [0.5, 0.6) is 0 Å². The van der Waals surface area contributed by atoms with Crippen LogP contribution >= 0.6 is 15.9 Å². The summed E-state index contributed by atoms with van der Waals surface area (Å²) in [5.41, 5.74) is 7.88. The maximum atomic E-state index is 5.91. The molecule has 0 saturated heterocycles. The molecule has 0 aliphatic heterocycles. The van der Waals surface area contributed by atoms with Crippen molar-refractivity contribution in [1.29, 1.82) is 0 Å². The largest absolute Gasteiger partial charge is 0.384 e. The third-order valence-corrected chi connectivity index (χ3v) is 3.10. The first kappa shape index (κ1) is 11.2. The van der Waals surface area contributed by atoms with Crippen molar-refractivity contribution in [3.05, 3.63) is 34.8 Å². The van der Waals surface area contributed by atoms with Crippen LogP contribution in [0, 0.1) is 0 Å². The van der Waals surface area contributed by atoms with E-state index in [2.05, 4.69) is 34.9 Å². The van der Waals surface area contributed by atoms with E-state index in [1.165, 1.54) is 0 Å². The summed E-state index contributed by atoms with van der Waals surface area (Å²) >= 11 is 3.51. The Kier molecular flexibility index (Phi) is 3.01. The van der Waals surface area contributed by atoms with Gasteiger partial charge in [0.15, 0.2) is 0 Å². The van der Waals surface area contributed by atoms with Crippen LogP contribution in [0.25, 0.3) is 11.3 Å². The molecule has 0 fully saturated rings. The lowest BCUT2D eigenvalue weighted by atomic mass is 10.1. The number of nitrogen functional groups attached to an aromatic ring is 1. The van der Waals surface area contributed by atoms with E-state index < -0.39 is 0 Å². The van der Waals surface area contributed by atoms with Crippen molar-refractivity contribution < 1.29 is 0 Å². The summed E-state index contributed by atoms with van der Waals surface area (Å²) in [7, 11) is 0. The van der Waals surface area contributed by atoms with Crippen molar-refractivity contribution in [2.75, 3.05) is 5.73 Å². The molecule has 1 aromatic carbocycles. The van der Waals surface area contributed by atoms with Crippen LogP contribution in [-0.4, -0.2) is 9.78 Å². The minimum atomic E-state index is 0.274. The van der Waals surface area contributed by atoms with Crippen molar-refractivity contribution in [3.63, 3.8) is 0 Å². The molecule has 0 unspecified atom stereocenters. The number of halogens is 1. The predicted octanol–water partition coefficient (Wildman–Crippen LogP) is 3.48. The van der Waals surface area contributed by atoms with Gasteiger partial charge >= 0.3 is 0 Å². The van der Waals surface area contributed by atoms with Crippen LogP contribution in [0.4, 0.5) is 5.82 Å². The van der Waals surface area contributed by atoms with Crippen LogP contribution < -0.4 is 5.73 Å². The first-order valence-corrected chi connectivity index (χ1v) is 5.99. The van der Waals surface area contributed by atoms with Gasteiger partial charge in [-0.2, -0.15) is 5.10 Å². The number of nitrogens with zero attached hydrogens (tertiary/aromatic N) is 2. The number of hydrogen-bond donors (Lipinski definition) is 1. The molecule has 0 aliphatic rings. The van der Waals surface area contributed by atoms with E-state index in [0.29, 0.717) is 5.82 Å². The smallest absolute Gasteiger partial charge is 0.122 e. The van der Waals surface area contributed by atoms with Gasteiger partial charge in [-0.15, -0.1) is 0 Å². The Hall–Kier alpha value is -1.29. The van der Waals surface area contributed by atoms with Crippen LogP contribution in [0.2, 0.25) is 0 Å². The highest BCUT2D eigenvalue weighted by Gasteiger charge is 2.10. The fourth-order valence-corrected chi connectivity index (χ4v) is 2.11. The van der Waals surface area contributed by atoms with Gasteiger partial charge in [0, 0.05) is 22.1 Å². The molecule has 0 radical (unpaired) electrons. The minimum absolute atomic E-state index is 0.274. The topological polar surface area (TPSA) is 43.8 Å². The molecular weight excluding hydrogens is 266 g/mol. The third kappa shape index (κ3) is 1.97. The van der Waals surface area contributed by atoms with Gasteiger partial charge in [0.2, 0.25) is 0 Å². The molecule has 4 heteroatoms. The van der Waals surface area contributed by atoms with Crippen molar-refractivity contribution >= 4 is 21.7 Å². The standard InChI is InChI=1S/C12H14BrN3/c1-8(2)16-12(14)7-11(15-16)9-5-3-4-6-10(9)13/h3-8H,14H2,1-2H3. The molecule has 2 rings (SSSR count). The molecule has 0 atom stereocenters. The van der Waals surface area contributed by atoms with Gasteiger partial charge in [-0.3, -0.25) is 0 Å². The van der Waals surface area contributed by atoms with Gasteiger partial charge in [-0.25, -0.2) is 4.68 Å². The lowest BCUT2D eigenvalue weighted by Crippen LogP contribution is -2.06. The first-order valence-electron chi connectivity index (χ1n) is 5.19. The molecule has 0 spiro atoms. The van der Waals surface area contributed by atoms with E-state index >= 15 is 0 Å². The van der Waals surface area contributed by atoms with E-state index in [-0.39, 0.29) is 6.04 Å². The van der Waals surface area contributed by atoms with E-state index in [1.807, 2.05) is 35.0 Å². The average molecular weight is 280 g/mol. The van der Waals surface area contributed by atoms with E-state index in [0.717, 1.165) is 15.7 Å². The highest BCUT2D eigenvalue weighted by atomic mass is 79.9. The Morgan fingerprint density at radius 2 is 2.00 bits per heavy atom. The van der Waals surface area contributed by atoms with Gasteiger partial charge in [0.05, 0.1) is 5.69 Å². The van der Waals surface area contributed by atoms with Crippen molar-refractivity contribution in [1.82, 2.24) is 9.78 Å². The molecule has 0 amide bonds. The SMILES string of the molecule is CC(C)n1nc(-c2ccccc2Br)cc1N. The van der Waals surface area contributed by atoms with Crippen LogP contribution in [0.15, 0.2) is 34.8 Å². The molecule has 0 bridgehead atoms. The summed E-state index contributed by atoms with van der Waals surface area (Å²) in [4.78, 5) is 0. The number of rotatable bonds is 2. The summed E-state index contributed by atoms with van der Waals surface area (Å²) < 4.78 is 2.86. The van der Waals surface area contributed by atoms with Crippen molar-refractivity contribution in [3.8, 4) is 11.3 Å². The van der Waals surface area contributed by atoms with Crippen LogP contribution in [0.3, 0.4) is 0 Å². The summed E-state index contributed by atoms with van der Waals surface area (Å²) in [6.45, 7) is 4.13. The summed E-state index contributed by atoms with van der Waals surface area (Å²) in [6.07, 6.45) is 0. The lowest BCUT2D eigenvalue weighted by Gasteiger charge is -2.06. The van der Waals surface area contributed by atoms with E-state index in [4.69, 9.17) is 5.73 Å². The van der Waals surface area contributed by atoms with Gasteiger partial charge < -0.3 is 5.73 Å². The molecule has 1 heterocycles. The molecule has 16 heavy (non-hydrogen) atoms. The lowest BCUT2D eigenvalue weighted by molar-refractivity contribution is 0.542. The number of nitrogens with two attached hydrogens (primary N) is 1. The Balaban J connectivity index is 2.50. The quantitative estimate of drug-likeness (QED) is 0.915. The zero-order valence-electron chi connectivity index (χ0n) is 9.31. The van der Waals surface area contributed by atoms with Gasteiger partial charge in [0.1, 0.15) is 5.82 Å². The molecule has 0 aliphatic carbocycles. The highest BCUT2D eigenvalue weighted by molar-refractivity contribution is 9.10. The number of benzene rings is 1. The second-order valence-electron chi connectivity index (χ2n) is 3.97. The Labute approximate surface area is 103 Å². The normalized spacial score (nSPS) is 11.0. The summed E-state index contributed by atoms with van der Waals surface area (Å²) in [5, 5.41) is 4.50. The summed E-state index contributed by atoms with van der Waals surface area (Å²) in [6, 6.07) is 10.2. The number of aromatic nitrogens is 2. The molecule has 2 N–H and O–H groups in total. The fourth-order valence-electron chi connectivity index (χ4n) is 1.62. The van der Waals surface area contributed by atoms with Gasteiger partial charge in [-0.1, -0.05) is 34.1 Å². The molecule has 3 nitrogen and oxygen atoms in total. The first-order chi connectivity index (χ1) is 7.59. The zero-order valence-corrected chi connectivity index (χ0v) is 10.9. The third-order valence-electron chi connectivity index (χ3n) is 2.40. The maximum Gasteiger partial charge on any atom is 0.122 e. The molecular formula is C12H14BrN3. The number of hydrogen-bond acceptors (Lipinski definition) is 2. The molecule has 2 aromatic rings. The zero-order chi connectivity index (χ0) is 11.7. The molecule has 0 saturated carbocycles. The van der Waals surface area contributed by atoms with Gasteiger partial charge in [-0.05, 0) is 19.9 Å². The van der Waals surface area contributed by atoms with E-state index in [9.17, 15) is 0 Å². The van der Waals surface area contributed by atoms with Crippen LogP contribution in [-0.2, 0) is 0 Å². The summed E-state index contributed by atoms with van der Waals surface area (Å²) in [5.74, 6) is 0.695. The Morgan fingerprint density at radius 1 is 1.31 bits per heavy atom.